The molecule has 0 unspecified atom stereocenters. The Morgan fingerprint density at radius 2 is 2.38 bits per heavy atom. The van der Waals surface area contributed by atoms with Crippen molar-refractivity contribution in [3.8, 4) is 12.3 Å². The predicted molar refractivity (Wildman–Crippen MR) is 46.7 cm³/mol. The van der Waals surface area contributed by atoms with Crippen LogP contribution in [0.1, 0.15) is 25.7 Å². The van der Waals surface area contributed by atoms with Crippen LogP contribution in [0.3, 0.4) is 0 Å². The molecule has 1 amide bonds. The van der Waals surface area contributed by atoms with Gasteiger partial charge in [-0.2, -0.15) is 0 Å². The van der Waals surface area contributed by atoms with E-state index in [2.05, 4.69) is 5.92 Å². The van der Waals surface area contributed by atoms with Gasteiger partial charge in [0.25, 0.3) is 0 Å². The number of aliphatic hydroxyl groups is 1. The molecule has 0 saturated heterocycles. The van der Waals surface area contributed by atoms with E-state index in [0.29, 0.717) is 12.8 Å². The summed E-state index contributed by atoms with van der Waals surface area (Å²) in [6.07, 6.45) is 6.28. The highest BCUT2D eigenvalue weighted by Crippen LogP contribution is 2.31. The van der Waals surface area contributed by atoms with Crippen molar-refractivity contribution in [3.05, 3.63) is 0 Å². The van der Waals surface area contributed by atoms with Crippen molar-refractivity contribution >= 4 is 6.09 Å². The number of rotatable bonds is 1. The van der Waals surface area contributed by atoms with E-state index in [1.54, 1.807) is 0 Å². The van der Waals surface area contributed by atoms with E-state index >= 15 is 0 Å². The predicted octanol–water partition coefficient (Wildman–Crippen LogP) is 0.389. The normalized spacial score (nSPS) is 33.4. The average molecular weight is 183 g/mol. The van der Waals surface area contributed by atoms with Gasteiger partial charge in [0.05, 0.1) is 0 Å². The zero-order valence-corrected chi connectivity index (χ0v) is 7.32. The summed E-state index contributed by atoms with van der Waals surface area (Å²) in [6.45, 7) is 0. The second kappa shape index (κ2) is 3.67. The summed E-state index contributed by atoms with van der Waals surface area (Å²) in [5.41, 5.74) is 3.69. The SMILES string of the molecule is C#C[C@@]1(OC(N)=O)CCCC[C@H]1O. The lowest BCUT2D eigenvalue weighted by molar-refractivity contribution is -0.0640. The van der Waals surface area contributed by atoms with Gasteiger partial charge >= 0.3 is 6.09 Å². The smallest absolute Gasteiger partial charge is 0.406 e. The third-order valence-corrected chi connectivity index (χ3v) is 2.34. The van der Waals surface area contributed by atoms with Gasteiger partial charge in [-0.15, -0.1) is 6.42 Å². The fourth-order valence-electron chi connectivity index (χ4n) is 1.62. The zero-order chi connectivity index (χ0) is 9.90. The highest BCUT2D eigenvalue weighted by Gasteiger charge is 2.41. The molecule has 0 aromatic carbocycles. The summed E-state index contributed by atoms with van der Waals surface area (Å²) < 4.78 is 4.79. The Hall–Kier alpha value is -1.21. The molecule has 0 aliphatic heterocycles. The molecule has 2 atom stereocenters. The number of terminal acetylenes is 1. The summed E-state index contributed by atoms with van der Waals surface area (Å²) in [6, 6.07) is 0. The number of ether oxygens (including phenoxy) is 1. The van der Waals surface area contributed by atoms with Crippen LogP contribution in [0.25, 0.3) is 0 Å². The molecule has 0 aromatic heterocycles. The van der Waals surface area contributed by atoms with Gasteiger partial charge in [-0.05, 0) is 12.8 Å². The third kappa shape index (κ3) is 1.93. The van der Waals surface area contributed by atoms with Gasteiger partial charge in [0.1, 0.15) is 6.10 Å². The zero-order valence-electron chi connectivity index (χ0n) is 7.32. The summed E-state index contributed by atoms with van der Waals surface area (Å²) >= 11 is 0. The van der Waals surface area contributed by atoms with E-state index in [0.717, 1.165) is 12.8 Å². The van der Waals surface area contributed by atoms with Crippen molar-refractivity contribution in [2.24, 2.45) is 5.73 Å². The molecular formula is C9H13NO3. The Morgan fingerprint density at radius 3 is 2.85 bits per heavy atom. The first-order valence-corrected chi connectivity index (χ1v) is 4.25. The number of carbonyl (C=O) groups is 1. The summed E-state index contributed by atoms with van der Waals surface area (Å²) in [4.78, 5) is 10.6. The molecule has 1 rings (SSSR count). The monoisotopic (exact) mass is 183 g/mol. The minimum absolute atomic E-state index is 0.480. The fourth-order valence-corrected chi connectivity index (χ4v) is 1.62. The van der Waals surface area contributed by atoms with Crippen LogP contribution in [0, 0.1) is 12.3 Å². The molecule has 0 radical (unpaired) electrons. The molecule has 0 heterocycles. The van der Waals surface area contributed by atoms with Crippen molar-refractivity contribution in [3.63, 3.8) is 0 Å². The van der Waals surface area contributed by atoms with Crippen molar-refractivity contribution in [2.75, 3.05) is 0 Å². The number of primary amides is 1. The van der Waals surface area contributed by atoms with Crippen LogP contribution in [-0.2, 0) is 4.74 Å². The van der Waals surface area contributed by atoms with E-state index in [-0.39, 0.29) is 0 Å². The topological polar surface area (TPSA) is 72.5 Å². The molecule has 1 aliphatic carbocycles. The van der Waals surface area contributed by atoms with Crippen LogP contribution in [0.4, 0.5) is 4.79 Å². The maximum atomic E-state index is 10.6. The lowest BCUT2D eigenvalue weighted by Crippen LogP contribution is -2.48. The van der Waals surface area contributed by atoms with Gasteiger partial charge in [-0.1, -0.05) is 12.3 Å². The number of amides is 1. The number of hydrogen-bond acceptors (Lipinski definition) is 3. The molecule has 0 spiro atoms. The Kier molecular flexibility index (Phi) is 2.79. The van der Waals surface area contributed by atoms with Crippen LogP contribution in [0.5, 0.6) is 0 Å². The number of aliphatic hydroxyl groups excluding tert-OH is 1. The lowest BCUT2D eigenvalue weighted by atomic mass is 9.82. The van der Waals surface area contributed by atoms with Crippen LogP contribution >= 0.6 is 0 Å². The fraction of sp³-hybridized carbons (Fsp3) is 0.667. The standard InChI is InChI=1S/C9H13NO3/c1-2-9(13-8(10)12)6-4-3-5-7(9)11/h1,7,11H,3-6H2,(H2,10,12)/t7-,9-/m1/s1. The van der Waals surface area contributed by atoms with Gasteiger partial charge in [0.2, 0.25) is 0 Å². The second-order valence-electron chi connectivity index (χ2n) is 3.22. The van der Waals surface area contributed by atoms with Crippen LogP contribution in [0.15, 0.2) is 0 Å². The Morgan fingerprint density at radius 1 is 1.69 bits per heavy atom. The van der Waals surface area contributed by atoms with Gasteiger partial charge in [0.15, 0.2) is 5.60 Å². The summed E-state index contributed by atoms with van der Waals surface area (Å²) in [5, 5.41) is 9.59. The minimum atomic E-state index is -1.19. The molecule has 0 aromatic rings. The van der Waals surface area contributed by atoms with E-state index in [9.17, 15) is 9.90 Å². The summed E-state index contributed by atoms with van der Waals surface area (Å²) in [5.74, 6) is 2.33. The second-order valence-corrected chi connectivity index (χ2v) is 3.22. The first-order chi connectivity index (χ1) is 6.10. The van der Waals surface area contributed by atoms with Crippen molar-refractivity contribution < 1.29 is 14.6 Å². The largest absolute Gasteiger partial charge is 0.427 e. The lowest BCUT2D eigenvalue weighted by Gasteiger charge is -2.35. The molecule has 3 N–H and O–H groups in total. The summed E-state index contributed by atoms with van der Waals surface area (Å²) in [7, 11) is 0. The maximum absolute atomic E-state index is 10.6. The minimum Gasteiger partial charge on any atom is -0.427 e. The van der Waals surface area contributed by atoms with Crippen molar-refractivity contribution in [1.82, 2.24) is 0 Å². The van der Waals surface area contributed by atoms with Crippen LogP contribution in [-0.4, -0.2) is 22.9 Å². The van der Waals surface area contributed by atoms with E-state index in [4.69, 9.17) is 16.9 Å². The molecule has 1 saturated carbocycles. The third-order valence-electron chi connectivity index (χ3n) is 2.34. The highest BCUT2D eigenvalue weighted by molar-refractivity contribution is 5.66. The van der Waals surface area contributed by atoms with Crippen LogP contribution < -0.4 is 5.73 Å². The molecule has 72 valence electrons. The number of hydrogen-bond donors (Lipinski definition) is 2. The van der Waals surface area contributed by atoms with Crippen molar-refractivity contribution in [2.45, 2.75) is 37.4 Å². The van der Waals surface area contributed by atoms with E-state index in [1.165, 1.54) is 0 Å². The Bertz CT molecular complexity index is 246. The van der Waals surface area contributed by atoms with E-state index in [1.807, 2.05) is 0 Å². The highest BCUT2D eigenvalue weighted by atomic mass is 16.6. The first-order valence-electron chi connectivity index (χ1n) is 4.25. The maximum Gasteiger partial charge on any atom is 0.406 e. The molecule has 1 fully saturated rings. The first kappa shape index (κ1) is 9.87. The molecule has 1 aliphatic rings. The van der Waals surface area contributed by atoms with E-state index < -0.39 is 17.8 Å². The Balaban J connectivity index is 2.77. The number of nitrogens with two attached hydrogens (primary N) is 1. The van der Waals surface area contributed by atoms with Gasteiger partial charge in [0, 0.05) is 6.42 Å². The Labute approximate surface area is 77.1 Å². The molecule has 13 heavy (non-hydrogen) atoms. The van der Waals surface area contributed by atoms with Crippen LogP contribution in [0.2, 0.25) is 0 Å². The molecular weight excluding hydrogens is 170 g/mol. The van der Waals surface area contributed by atoms with Crippen molar-refractivity contribution in [1.29, 1.82) is 0 Å². The van der Waals surface area contributed by atoms with Gasteiger partial charge in [-0.25, -0.2) is 4.79 Å². The quantitative estimate of drug-likeness (QED) is 0.577. The molecule has 4 heteroatoms. The average Bonchev–Trinajstić information content (AvgIpc) is 2.08. The number of carbonyl (C=O) groups excluding carboxylic acids is 1. The molecule has 4 nitrogen and oxygen atoms in total. The molecule has 0 bridgehead atoms. The van der Waals surface area contributed by atoms with Gasteiger partial charge < -0.3 is 15.6 Å². The van der Waals surface area contributed by atoms with Gasteiger partial charge in [-0.3, -0.25) is 0 Å².